The van der Waals surface area contributed by atoms with Crippen LogP contribution in [0, 0.1) is 13.8 Å². The van der Waals surface area contributed by atoms with Gasteiger partial charge in [0, 0.05) is 17.1 Å². The maximum absolute atomic E-state index is 2.43. The van der Waals surface area contributed by atoms with Gasteiger partial charge < -0.3 is 4.90 Å². The lowest BCUT2D eigenvalue weighted by Gasteiger charge is -2.28. The van der Waals surface area contributed by atoms with Crippen molar-refractivity contribution >= 4 is 49.4 Å². The summed E-state index contributed by atoms with van der Waals surface area (Å²) < 4.78 is 0. The second kappa shape index (κ2) is 12.8. The highest BCUT2D eigenvalue weighted by atomic mass is 15.1. The summed E-state index contributed by atoms with van der Waals surface area (Å²) in [6, 6.07) is 68.7. The van der Waals surface area contributed by atoms with Crippen LogP contribution in [0.15, 0.2) is 188 Å². The van der Waals surface area contributed by atoms with Crippen molar-refractivity contribution in [1.82, 2.24) is 0 Å². The van der Waals surface area contributed by atoms with Crippen LogP contribution < -0.4 is 4.90 Å². The molecule has 51 heavy (non-hydrogen) atoms. The van der Waals surface area contributed by atoms with Gasteiger partial charge in [-0.25, -0.2) is 0 Å². The van der Waals surface area contributed by atoms with Crippen LogP contribution in [-0.2, 0) is 0 Å². The van der Waals surface area contributed by atoms with E-state index in [1.54, 1.807) is 0 Å². The van der Waals surface area contributed by atoms with Crippen molar-refractivity contribution in [2.45, 2.75) is 13.8 Å². The van der Waals surface area contributed by atoms with Crippen LogP contribution in [0.5, 0.6) is 0 Å². The molecule has 0 heterocycles. The van der Waals surface area contributed by atoms with E-state index in [0.717, 1.165) is 11.4 Å². The lowest BCUT2D eigenvalue weighted by atomic mass is 9.81. The zero-order chi connectivity index (χ0) is 34.3. The highest BCUT2D eigenvalue weighted by Gasteiger charge is 2.23. The molecule has 0 spiro atoms. The third kappa shape index (κ3) is 5.35. The topological polar surface area (TPSA) is 3.24 Å². The molecule has 9 aromatic rings. The SMILES string of the molecule is Cc1cccc(N(c2ccc3c(c2)c2ccccc2c2c(-c4ccccc4)cc(-c4ccccc4)c(-c4ccccc4)c32)c2ccccc2C)c1. The molecule has 242 valence electrons. The summed E-state index contributed by atoms with van der Waals surface area (Å²) in [5.41, 5.74) is 13.3. The van der Waals surface area contributed by atoms with Crippen LogP contribution in [0.2, 0.25) is 0 Å². The lowest BCUT2D eigenvalue weighted by molar-refractivity contribution is 1.25. The van der Waals surface area contributed by atoms with Crippen molar-refractivity contribution in [3.8, 4) is 33.4 Å². The predicted molar refractivity (Wildman–Crippen MR) is 219 cm³/mol. The van der Waals surface area contributed by atoms with E-state index in [1.807, 2.05) is 0 Å². The number of anilines is 3. The van der Waals surface area contributed by atoms with Gasteiger partial charge in [-0.2, -0.15) is 0 Å². The smallest absolute Gasteiger partial charge is 0.0490 e. The summed E-state index contributed by atoms with van der Waals surface area (Å²) in [5, 5.41) is 7.55. The Kier molecular flexibility index (Phi) is 7.67. The molecule has 9 aromatic carbocycles. The Morgan fingerprint density at radius 3 is 1.61 bits per heavy atom. The quantitative estimate of drug-likeness (QED) is 0.162. The highest BCUT2D eigenvalue weighted by Crippen LogP contribution is 2.50. The minimum absolute atomic E-state index is 1.13. The monoisotopic (exact) mass is 651 g/mol. The van der Waals surface area contributed by atoms with Gasteiger partial charge in [-0.05, 0) is 127 Å². The molecule has 9 rings (SSSR count). The van der Waals surface area contributed by atoms with Crippen molar-refractivity contribution in [3.63, 3.8) is 0 Å². The molecule has 0 amide bonds. The van der Waals surface area contributed by atoms with E-state index < -0.39 is 0 Å². The first-order chi connectivity index (χ1) is 25.2. The van der Waals surface area contributed by atoms with Crippen LogP contribution in [0.4, 0.5) is 17.1 Å². The van der Waals surface area contributed by atoms with Crippen LogP contribution in [0.25, 0.3) is 65.7 Å². The molecule has 0 bridgehead atoms. The van der Waals surface area contributed by atoms with E-state index >= 15 is 0 Å². The summed E-state index contributed by atoms with van der Waals surface area (Å²) >= 11 is 0. The predicted octanol–water partition coefficient (Wildman–Crippen LogP) is 14.2. The summed E-state index contributed by atoms with van der Waals surface area (Å²) in [6.07, 6.45) is 0. The van der Waals surface area contributed by atoms with Crippen molar-refractivity contribution in [2.24, 2.45) is 0 Å². The van der Waals surface area contributed by atoms with Gasteiger partial charge in [0.15, 0.2) is 0 Å². The number of hydrogen-bond acceptors (Lipinski definition) is 1. The van der Waals surface area contributed by atoms with Gasteiger partial charge in [-0.3, -0.25) is 0 Å². The van der Waals surface area contributed by atoms with Gasteiger partial charge >= 0.3 is 0 Å². The molecule has 1 nitrogen and oxygen atoms in total. The largest absolute Gasteiger partial charge is 0.310 e. The van der Waals surface area contributed by atoms with E-state index in [1.165, 1.54) is 82.5 Å². The Morgan fingerprint density at radius 2 is 0.922 bits per heavy atom. The van der Waals surface area contributed by atoms with Gasteiger partial charge in [0.25, 0.3) is 0 Å². The first-order valence-corrected chi connectivity index (χ1v) is 17.7. The first kappa shape index (κ1) is 30.6. The normalized spacial score (nSPS) is 11.3. The van der Waals surface area contributed by atoms with E-state index in [2.05, 4.69) is 207 Å². The summed E-state index contributed by atoms with van der Waals surface area (Å²) in [4.78, 5) is 2.41. The molecule has 0 aliphatic carbocycles. The van der Waals surface area contributed by atoms with Crippen LogP contribution >= 0.6 is 0 Å². The fourth-order valence-corrected chi connectivity index (χ4v) is 7.88. The van der Waals surface area contributed by atoms with Gasteiger partial charge in [-0.1, -0.05) is 152 Å². The molecule has 0 saturated carbocycles. The average molecular weight is 652 g/mol. The number of aryl methyl sites for hydroxylation is 2. The Hall–Kier alpha value is -6.44. The van der Waals surface area contributed by atoms with E-state index in [-0.39, 0.29) is 0 Å². The Bertz CT molecular complexity index is 2690. The first-order valence-electron chi connectivity index (χ1n) is 17.7. The minimum Gasteiger partial charge on any atom is -0.310 e. The highest BCUT2D eigenvalue weighted by molar-refractivity contribution is 6.33. The molecular weight excluding hydrogens is 615 g/mol. The molecule has 0 radical (unpaired) electrons. The number of rotatable bonds is 6. The summed E-state index contributed by atoms with van der Waals surface area (Å²) in [6.45, 7) is 4.36. The van der Waals surface area contributed by atoms with E-state index in [0.29, 0.717) is 0 Å². The fourth-order valence-electron chi connectivity index (χ4n) is 7.88. The van der Waals surface area contributed by atoms with Crippen molar-refractivity contribution in [1.29, 1.82) is 0 Å². The van der Waals surface area contributed by atoms with Crippen molar-refractivity contribution < 1.29 is 0 Å². The molecular formula is C50H37N. The van der Waals surface area contributed by atoms with Crippen LogP contribution in [0.3, 0.4) is 0 Å². The molecule has 0 atom stereocenters. The molecule has 0 unspecified atom stereocenters. The molecule has 0 aliphatic rings. The summed E-state index contributed by atoms with van der Waals surface area (Å²) in [7, 11) is 0. The fraction of sp³-hybridized carbons (Fsp3) is 0.0400. The van der Waals surface area contributed by atoms with Gasteiger partial charge in [-0.15, -0.1) is 0 Å². The standard InChI is InChI=1S/C50H37N/c1-34-17-16-25-39(31-34)51(47-28-15-12-18-35(47)2)40-29-30-43-46(32-40)41-26-13-14-27-42(41)49-45(37-21-8-4-9-22-37)33-44(36-19-6-3-7-20-36)48(50(43)49)38-23-10-5-11-24-38/h3-33H,1-2H3. The third-order valence-electron chi connectivity index (χ3n) is 10.2. The second-order valence-corrected chi connectivity index (χ2v) is 13.4. The van der Waals surface area contributed by atoms with Crippen LogP contribution in [0.1, 0.15) is 11.1 Å². The second-order valence-electron chi connectivity index (χ2n) is 13.4. The number of para-hydroxylation sites is 1. The Morgan fingerprint density at radius 1 is 0.353 bits per heavy atom. The molecule has 0 saturated heterocycles. The molecule has 0 aromatic heterocycles. The van der Waals surface area contributed by atoms with Gasteiger partial charge in [0.2, 0.25) is 0 Å². The van der Waals surface area contributed by atoms with Crippen LogP contribution in [-0.4, -0.2) is 0 Å². The molecule has 1 heteroatoms. The zero-order valence-corrected chi connectivity index (χ0v) is 28.8. The number of fused-ring (bicyclic) bond motifs is 6. The number of nitrogens with zero attached hydrogens (tertiary/aromatic N) is 1. The minimum atomic E-state index is 1.13. The van der Waals surface area contributed by atoms with Crippen molar-refractivity contribution in [2.75, 3.05) is 4.90 Å². The van der Waals surface area contributed by atoms with Crippen molar-refractivity contribution in [3.05, 3.63) is 199 Å². The maximum atomic E-state index is 2.43. The Balaban J connectivity index is 1.47. The average Bonchev–Trinajstić information content (AvgIpc) is 3.19. The maximum Gasteiger partial charge on any atom is 0.0490 e. The van der Waals surface area contributed by atoms with Gasteiger partial charge in [0.05, 0.1) is 0 Å². The van der Waals surface area contributed by atoms with E-state index in [4.69, 9.17) is 0 Å². The molecule has 0 aliphatic heterocycles. The third-order valence-corrected chi connectivity index (χ3v) is 10.2. The molecule has 0 fully saturated rings. The zero-order valence-electron chi connectivity index (χ0n) is 28.8. The molecule has 0 N–H and O–H groups in total. The number of benzene rings is 9. The van der Waals surface area contributed by atoms with Gasteiger partial charge in [0.1, 0.15) is 0 Å². The summed E-state index contributed by atoms with van der Waals surface area (Å²) in [5.74, 6) is 0. The Labute approximate surface area is 299 Å². The number of hydrogen-bond donors (Lipinski definition) is 0. The lowest BCUT2D eigenvalue weighted by Crippen LogP contribution is -2.11. The van der Waals surface area contributed by atoms with E-state index in [9.17, 15) is 0 Å².